The summed E-state index contributed by atoms with van der Waals surface area (Å²) in [4.78, 5) is 15.1. The van der Waals surface area contributed by atoms with Gasteiger partial charge in [0.05, 0.1) is 25.0 Å². The average molecular weight is 367 g/mol. The number of benzene rings is 1. The van der Waals surface area contributed by atoms with Crippen molar-refractivity contribution in [3.8, 4) is 0 Å². The van der Waals surface area contributed by atoms with Crippen LogP contribution in [0.3, 0.4) is 0 Å². The van der Waals surface area contributed by atoms with Crippen molar-refractivity contribution in [3.05, 3.63) is 60.0 Å². The molecule has 6 nitrogen and oxygen atoms in total. The Kier molecular flexibility index (Phi) is 5.55. The third-order valence-electron chi connectivity index (χ3n) is 4.98. The number of carbonyl (C=O) groups is 1. The highest BCUT2D eigenvalue weighted by Gasteiger charge is 2.17. The van der Waals surface area contributed by atoms with Crippen molar-refractivity contribution >= 4 is 17.0 Å². The van der Waals surface area contributed by atoms with Gasteiger partial charge in [-0.25, -0.2) is 0 Å². The van der Waals surface area contributed by atoms with E-state index in [1.807, 2.05) is 34.9 Å². The number of fused-ring (bicyclic) bond motifs is 1. The Hall–Kier alpha value is -2.57. The van der Waals surface area contributed by atoms with Crippen LogP contribution in [0.25, 0.3) is 11.1 Å². The number of aromatic nitrogens is 1. The molecule has 1 aliphatic rings. The largest absolute Gasteiger partial charge is 0.463 e. The molecule has 0 bridgehead atoms. The molecule has 27 heavy (non-hydrogen) atoms. The Morgan fingerprint density at radius 1 is 1.11 bits per heavy atom. The van der Waals surface area contributed by atoms with Gasteiger partial charge in [0.1, 0.15) is 5.69 Å². The molecule has 0 saturated carbocycles. The van der Waals surface area contributed by atoms with Crippen molar-refractivity contribution in [2.45, 2.75) is 13.0 Å². The minimum Gasteiger partial charge on any atom is -0.463 e. The molecule has 4 rings (SSSR count). The molecule has 0 unspecified atom stereocenters. The zero-order valence-electron chi connectivity index (χ0n) is 15.4. The Morgan fingerprint density at radius 3 is 2.74 bits per heavy atom. The number of ether oxygens (including phenoxy) is 1. The van der Waals surface area contributed by atoms with Crippen LogP contribution in [0.2, 0.25) is 0 Å². The van der Waals surface area contributed by atoms with Crippen molar-refractivity contribution in [1.82, 2.24) is 14.8 Å². The first-order valence-electron chi connectivity index (χ1n) is 9.50. The summed E-state index contributed by atoms with van der Waals surface area (Å²) in [6.07, 6.45) is 2.59. The predicted molar refractivity (Wildman–Crippen MR) is 104 cm³/mol. The Balaban J connectivity index is 1.40. The van der Waals surface area contributed by atoms with E-state index in [0.717, 1.165) is 55.9 Å². The van der Waals surface area contributed by atoms with Crippen molar-refractivity contribution in [3.63, 3.8) is 0 Å². The molecule has 3 aromatic rings. The highest BCUT2D eigenvalue weighted by molar-refractivity contribution is 5.97. The van der Waals surface area contributed by atoms with Gasteiger partial charge in [0, 0.05) is 38.3 Å². The smallest absolute Gasteiger partial charge is 0.268 e. The Bertz CT molecular complexity index is 879. The molecular formula is C21H25N3O3. The van der Waals surface area contributed by atoms with Gasteiger partial charge in [-0.2, -0.15) is 0 Å². The van der Waals surface area contributed by atoms with Gasteiger partial charge in [-0.3, -0.25) is 9.69 Å². The maximum Gasteiger partial charge on any atom is 0.268 e. The van der Waals surface area contributed by atoms with Crippen LogP contribution in [-0.4, -0.2) is 54.8 Å². The van der Waals surface area contributed by atoms with E-state index in [1.54, 1.807) is 6.26 Å². The molecule has 1 amide bonds. The first-order chi connectivity index (χ1) is 13.3. The molecule has 0 spiro atoms. The summed E-state index contributed by atoms with van der Waals surface area (Å²) < 4.78 is 12.9. The molecular weight excluding hydrogens is 342 g/mol. The Labute approximate surface area is 158 Å². The number of hydrogen-bond donors (Lipinski definition) is 1. The van der Waals surface area contributed by atoms with Crippen molar-refractivity contribution in [1.29, 1.82) is 0 Å². The zero-order valence-corrected chi connectivity index (χ0v) is 15.4. The standard InChI is InChI=1S/C21H25N3O3/c25-21(22-8-4-9-23-10-13-26-14-11-23)19-15-20-18(7-12-27-20)24(19)16-17-5-2-1-3-6-17/h1-3,5-7,12,15H,4,8-11,13-14,16H2,(H,22,25). The zero-order chi connectivity index (χ0) is 18.5. The quantitative estimate of drug-likeness (QED) is 0.653. The summed E-state index contributed by atoms with van der Waals surface area (Å²) in [6, 6.07) is 13.9. The lowest BCUT2D eigenvalue weighted by molar-refractivity contribution is 0.0374. The summed E-state index contributed by atoms with van der Waals surface area (Å²) >= 11 is 0. The third kappa shape index (κ3) is 4.23. The van der Waals surface area contributed by atoms with Gasteiger partial charge < -0.3 is 19.0 Å². The summed E-state index contributed by atoms with van der Waals surface area (Å²) in [7, 11) is 0. The van der Waals surface area contributed by atoms with Crippen LogP contribution in [0.5, 0.6) is 0 Å². The summed E-state index contributed by atoms with van der Waals surface area (Å²) in [5.41, 5.74) is 3.47. The lowest BCUT2D eigenvalue weighted by Gasteiger charge is -2.26. The van der Waals surface area contributed by atoms with Crippen LogP contribution >= 0.6 is 0 Å². The summed E-state index contributed by atoms with van der Waals surface area (Å²) in [5, 5.41) is 3.06. The van der Waals surface area contributed by atoms with Crippen LogP contribution < -0.4 is 5.32 Å². The SMILES string of the molecule is O=C(NCCCN1CCOCC1)c1cc2occc2n1Cc1ccccc1. The van der Waals surface area contributed by atoms with Crippen LogP contribution in [0.15, 0.2) is 53.1 Å². The molecule has 0 atom stereocenters. The molecule has 1 N–H and O–H groups in total. The van der Waals surface area contributed by atoms with Crippen molar-refractivity contribution in [2.24, 2.45) is 0 Å². The van der Waals surface area contributed by atoms with Gasteiger partial charge in [0.15, 0.2) is 5.58 Å². The van der Waals surface area contributed by atoms with E-state index in [0.29, 0.717) is 18.8 Å². The molecule has 1 aliphatic heterocycles. The molecule has 1 saturated heterocycles. The first-order valence-corrected chi connectivity index (χ1v) is 9.50. The molecule has 6 heteroatoms. The average Bonchev–Trinajstić information content (AvgIpc) is 3.29. The summed E-state index contributed by atoms with van der Waals surface area (Å²) in [5.74, 6) is -0.0562. The second-order valence-electron chi connectivity index (χ2n) is 6.83. The number of rotatable bonds is 7. The van der Waals surface area contributed by atoms with Crippen LogP contribution in [-0.2, 0) is 11.3 Å². The van der Waals surface area contributed by atoms with E-state index in [1.165, 1.54) is 0 Å². The van der Waals surface area contributed by atoms with Crippen LogP contribution in [0.1, 0.15) is 22.5 Å². The fourth-order valence-electron chi connectivity index (χ4n) is 3.52. The lowest BCUT2D eigenvalue weighted by atomic mass is 10.2. The van der Waals surface area contributed by atoms with Gasteiger partial charge in [-0.05, 0) is 18.5 Å². The van der Waals surface area contributed by atoms with E-state index < -0.39 is 0 Å². The number of hydrogen-bond acceptors (Lipinski definition) is 4. The minimum atomic E-state index is -0.0562. The molecule has 142 valence electrons. The van der Waals surface area contributed by atoms with Crippen LogP contribution in [0, 0.1) is 0 Å². The number of morpholine rings is 1. The topological polar surface area (TPSA) is 59.6 Å². The highest BCUT2D eigenvalue weighted by Crippen LogP contribution is 2.22. The fraction of sp³-hybridized carbons (Fsp3) is 0.381. The van der Waals surface area contributed by atoms with E-state index >= 15 is 0 Å². The van der Waals surface area contributed by atoms with Crippen LogP contribution in [0.4, 0.5) is 0 Å². The van der Waals surface area contributed by atoms with E-state index in [4.69, 9.17) is 9.15 Å². The van der Waals surface area contributed by atoms with Gasteiger partial charge in [-0.15, -0.1) is 0 Å². The normalized spacial score (nSPS) is 15.3. The van der Waals surface area contributed by atoms with E-state index in [-0.39, 0.29) is 5.91 Å². The predicted octanol–water partition coefficient (Wildman–Crippen LogP) is 2.73. The summed E-state index contributed by atoms with van der Waals surface area (Å²) in [6.45, 7) is 5.84. The minimum absolute atomic E-state index is 0.0562. The third-order valence-corrected chi connectivity index (χ3v) is 4.98. The number of furan rings is 1. The molecule has 1 fully saturated rings. The molecule has 2 aromatic heterocycles. The maximum absolute atomic E-state index is 12.8. The van der Waals surface area contributed by atoms with Gasteiger partial charge in [0.25, 0.3) is 5.91 Å². The molecule has 0 aliphatic carbocycles. The number of nitrogens with zero attached hydrogens (tertiary/aromatic N) is 2. The monoisotopic (exact) mass is 367 g/mol. The number of amides is 1. The second-order valence-corrected chi connectivity index (χ2v) is 6.83. The van der Waals surface area contributed by atoms with Crippen molar-refractivity contribution in [2.75, 3.05) is 39.4 Å². The van der Waals surface area contributed by atoms with E-state index in [2.05, 4.69) is 22.3 Å². The molecule has 3 heterocycles. The Morgan fingerprint density at radius 2 is 1.93 bits per heavy atom. The first kappa shape index (κ1) is 17.8. The second kappa shape index (κ2) is 8.41. The van der Waals surface area contributed by atoms with Gasteiger partial charge >= 0.3 is 0 Å². The van der Waals surface area contributed by atoms with Crippen molar-refractivity contribution < 1.29 is 13.9 Å². The lowest BCUT2D eigenvalue weighted by Crippen LogP contribution is -2.38. The fourth-order valence-corrected chi connectivity index (χ4v) is 3.52. The van der Waals surface area contributed by atoms with E-state index in [9.17, 15) is 4.79 Å². The molecule has 1 aromatic carbocycles. The number of nitrogens with one attached hydrogen (secondary N) is 1. The highest BCUT2D eigenvalue weighted by atomic mass is 16.5. The number of carbonyl (C=O) groups excluding carboxylic acids is 1. The van der Waals surface area contributed by atoms with Gasteiger partial charge in [0.2, 0.25) is 0 Å². The van der Waals surface area contributed by atoms with Gasteiger partial charge in [-0.1, -0.05) is 30.3 Å². The maximum atomic E-state index is 12.8. The molecule has 0 radical (unpaired) electrons.